The Labute approximate surface area is 121 Å². The van der Waals surface area contributed by atoms with Crippen LogP contribution in [0.15, 0.2) is 30.3 Å². The van der Waals surface area contributed by atoms with Crippen LogP contribution in [-0.4, -0.2) is 41.3 Å². The van der Waals surface area contributed by atoms with Crippen molar-refractivity contribution < 1.29 is 9.84 Å². The molecule has 1 saturated heterocycles. The highest BCUT2D eigenvalue weighted by Crippen LogP contribution is 2.29. The van der Waals surface area contributed by atoms with Gasteiger partial charge in [0, 0.05) is 6.04 Å². The van der Waals surface area contributed by atoms with Crippen molar-refractivity contribution in [2.75, 3.05) is 13.1 Å². The number of piperidine rings is 1. The van der Waals surface area contributed by atoms with Crippen LogP contribution in [0.5, 0.6) is 0 Å². The monoisotopic (exact) mass is 275 g/mol. The molecule has 0 aromatic heterocycles. The Kier molecular flexibility index (Phi) is 4.71. The van der Waals surface area contributed by atoms with Gasteiger partial charge in [0.05, 0.1) is 18.8 Å². The fourth-order valence-corrected chi connectivity index (χ4v) is 3.53. The Balaban J connectivity index is 1.51. The van der Waals surface area contributed by atoms with Gasteiger partial charge in [-0.1, -0.05) is 36.8 Å². The van der Waals surface area contributed by atoms with E-state index < -0.39 is 0 Å². The van der Waals surface area contributed by atoms with Crippen LogP contribution >= 0.6 is 0 Å². The summed E-state index contributed by atoms with van der Waals surface area (Å²) in [7, 11) is 0. The molecule has 3 unspecified atom stereocenters. The van der Waals surface area contributed by atoms with E-state index in [1.54, 1.807) is 0 Å². The first-order valence-corrected chi connectivity index (χ1v) is 7.92. The Morgan fingerprint density at radius 2 is 1.80 bits per heavy atom. The molecule has 1 aromatic carbocycles. The highest BCUT2D eigenvalue weighted by atomic mass is 16.5. The number of nitrogens with zero attached hydrogens (tertiary/aromatic N) is 1. The van der Waals surface area contributed by atoms with E-state index in [2.05, 4.69) is 17.0 Å². The van der Waals surface area contributed by atoms with Crippen molar-refractivity contribution in [2.24, 2.45) is 0 Å². The Hall–Kier alpha value is -0.900. The minimum atomic E-state index is -0.322. The van der Waals surface area contributed by atoms with Crippen LogP contribution in [0.4, 0.5) is 0 Å². The number of ether oxygens (including phenoxy) is 1. The number of hydrogen-bond donors (Lipinski definition) is 1. The molecule has 1 aromatic rings. The Morgan fingerprint density at radius 1 is 1.05 bits per heavy atom. The van der Waals surface area contributed by atoms with E-state index in [1.165, 1.54) is 24.8 Å². The molecule has 110 valence electrons. The molecule has 0 amide bonds. The average Bonchev–Trinajstić information content (AvgIpc) is 2.88. The first-order chi connectivity index (χ1) is 9.84. The summed E-state index contributed by atoms with van der Waals surface area (Å²) < 4.78 is 5.95. The maximum absolute atomic E-state index is 10.5. The minimum Gasteiger partial charge on any atom is -0.389 e. The van der Waals surface area contributed by atoms with Gasteiger partial charge in [0.1, 0.15) is 0 Å². The molecule has 3 nitrogen and oxygen atoms in total. The van der Waals surface area contributed by atoms with E-state index in [9.17, 15) is 5.11 Å². The first-order valence-electron chi connectivity index (χ1n) is 7.92. The van der Waals surface area contributed by atoms with E-state index in [1.807, 2.05) is 18.2 Å². The van der Waals surface area contributed by atoms with Gasteiger partial charge in [-0.2, -0.15) is 0 Å². The van der Waals surface area contributed by atoms with Crippen molar-refractivity contribution in [2.45, 2.75) is 57.0 Å². The van der Waals surface area contributed by atoms with Crippen LogP contribution in [0.2, 0.25) is 0 Å². The molecule has 3 heteroatoms. The zero-order valence-corrected chi connectivity index (χ0v) is 12.1. The summed E-state index contributed by atoms with van der Waals surface area (Å²) in [5.41, 5.74) is 1.18. The minimum absolute atomic E-state index is 0.00197. The molecule has 1 saturated carbocycles. The van der Waals surface area contributed by atoms with Gasteiger partial charge < -0.3 is 9.84 Å². The molecule has 20 heavy (non-hydrogen) atoms. The molecule has 0 bridgehead atoms. The predicted octanol–water partition coefficient (Wildman–Crippen LogP) is 2.58. The second-order valence-corrected chi connectivity index (χ2v) is 6.07. The third kappa shape index (κ3) is 3.22. The molecule has 1 aliphatic heterocycles. The molecular weight excluding hydrogens is 250 g/mol. The van der Waals surface area contributed by atoms with Crippen molar-refractivity contribution in [1.82, 2.24) is 4.90 Å². The van der Waals surface area contributed by atoms with Crippen LogP contribution in [-0.2, 0) is 11.3 Å². The second-order valence-electron chi connectivity index (χ2n) is 6.07. The summed E-state index contributed by atoms with van der Waals surface area (Å²) in [5.74, 6) is 0. The molecule has 3 rings (SSSR count). The molecule has 0 radical (unpaired) electrons. The summed E-state index contributed by atoms with van der Waals surface area (Å²) in [6.07, 6.45) is 5.62. The highest BCUT2D eigenvalue weighted by molar-refractivity contribution is 5.13. The lowest BCUT2D eigenvalue weighted by Crippen LogP contribution is -2.46. The lowest BCUT2D eigenvalue weighted by molar-refractivity contribution is -0.0515. The largest absolute Gasteiger partial charge is 0.389 e. The normalized spacial score (nSPS) is 31.6. The van der Waals surface area contributed by atoms with E-state index >= 15 is 0 Å². The van der Waals surface area contributed by atoms with Gasteiger partial charge in [-0.3, -0.25) is 4.90 Å². The molecule has 1 aliphatic carbocycles. The Morgan fingerprint density at radius 3 is 2.55 bits per heavy atom. The molecule has 3 atom stereocenters. The molecule has 0 spiro atoms. The smallest absolute Gasteiger partial charge is 0.0956 e. The van der Waals surface area contributed by atoms with Gasteiger partial charge in [-0.05, 0) is 44.3 Å². The number of rotatable bonds is 4. The SMILES string of the molecule is OC1C(OCc2ccccc2)CCC1N1CCCCC1. The van der Waals surface area contributed by atoms with Crippen molar-refractivity contribution in [3.8, 4) is 0 Å². The summed E-state index contributed by atoms with van der Waals surface area (Å²) in [6, 6.07) is 10.5. The van der Waals surface area contributed by atoms with E-state index in [4.69, 9.17) is 4.74 Å². The number of aliphatic hydroxyl groups excluding tert-OH is 1. The zero-order chi connectivity index (χ0) is 13.8. The third-order valence-electron chi connectivity index (χ3n) is 4.69. The molecule has 1 heterocycles. The molecule has 2 fully saturated rings. The van der Waals surface area contributed by atoms with Gasteiger partial charge in [0.25, 0.3) is 0 Å². The maximum Gasteiger partial charge on any atom is 0.0956 e. The van der Waals surface area contributed by atoms with Crippen LogP contribution < -0.4 is 0 Å². The lowest BCUT2D eigenvalue weighted by atomic mass is 10.1. The van der Waals surface area contributed by atoms with Crippen molar-refractivity contribution in [3.63, 3.8) is 0 Å². The molecule has 2 aliphatic rings. The highest BCUT2D eigenvalue weighted by Gasteiger charge is 2.38. The summed E-state index contributed by atoms with van der Waals surface area (Å²) in [5, 5.41) is 10.5. The summed E-state index contributed by atoms with van der Waals surface area (Å²) in [4.78, 5) is 2.47. The van der Waals surface area contributed by atoms with Gasteiger partial charge in [-0.25, -0.2) is 0 Å². The second kappa shape index (κ2) is 6.70. The van der Waals surface area contributed by atoms with Crippen LogP contribution in [0, 0.1) is 0 Å². The average molecular weight is 275 g/mol. The number of benzene rings is 1. The molecular formula is C17H25NO2. The van der Waals surface area contributed by atoms with Crippen LogP contribution in [0.3, 0.4) is 0 Å². The van der Waals surface area contributed by atoms with Gasteiger partial charge in [0.2, 0.25) is 0 Å². The number of hydrogen-bond acceptors (Lipinski definition) is 3. The topological polar surface area (TPSA) is 32.7 Å². The van der Waals surface area contributed by atoms with Crippen LogP contribution in [0.25, 0.3) is 0 Å². The lowest BCUT2D eigenvalue weighted by Gasteiger charge is -2.34. The van der Waals surface area contributed by atoms with E-state index in [-0.39, 0.29) is 12.2 Å². The summed E-state index contributed by atoms with van der Waals surface area (Å²) >= 11 is 0. The number of aliphatic hydroxyl groups is 1. The summed E-state index contributed by atoms with van der Waals surface area (Å²) in [6.45, 7) is 2.90. The van der Waals surface area contributed by atoms with E-state index in [0.717, 1.165) is 25.9 Å². The van der Waals surface area contributed by atoms with Crippen LogP contribution in [0.1, 0.15) is 37.7 Å². The van der Waals surface area contributed by atoms with Crippen molar-refractivity contribution >= 4 is 0 Å². The van der Waals surface area contributed by atoms with Crippen molar-refractivity contribution in [1.29, 1.82) is 0 Å². The van der Waals surface area contributed by atoms with Gasteiger partial charge in [0.15, 0.2) is 0 Å². The molecule has 1 N–H and O–H groups in total. The fourth-order valence-electron chi connectivity index (χ4n) is 3.53. The van der Waals surface area contributed by atoms with Gasteiger partial charge >= 0.3 is 0 Å². The maximum atomic E-state index is 10.5. The zero-order valence-electron chi connectivity index (χ0n) is 12.1. The van der Waals surface area contributed by atoms with Gasteiger partial charge in [-0.15, -0.1) is 0 Å². The van der Waals surface area contributed by atoms with Crippen molar-refractivity contribution in [3.05, 3.63) is 35.9 Å². The quantitative estimate of drug-likeness (QED) is 0.916. The fraction of sp³-hybridized carbons (Fsp3) is 0.647. The first kappa shape index (κ1) is 14.1. The third-order valence-corrected chi connectivity index (χ3v) is 4.69. The predicted molar refractivity (Wildman–Crippen MR) is 79.5 cm³/mol. The standard InChI is InChI=1S/C17H25NO2/c19-17-15(18-11-5-2-6-12-18)9-10-16(17)20-13-14-7-3-1-4-8-14/h1,3-4,7-8,15-17,19H,2,5-6,9-13H2. The van der Waals surface area contributed by atoms with E-state index in [0.29, 0.717) is 12.6 Å². The Bertz CT molecular complexity index is 403. The number of likely N-dealkylation sites (tertiary alicyclic amines) is 1.